The first-order valence-corrected chi connectivity index (χ1v) is 19.9. The van der Waals surface area contributed by atoms with Crippen molar-refractivity contribution in [2.24, 2.45) is 0 Å². The molecule has 0 saturated heterocycles. The zero-order chi connectivity index (χ0) is 34.6. The molecule has 0 spiro atoms. The van der Waals surface area contributed by atoms with E-state index in [1.165, 1.54) is 96.3 Å². The number of aliphatic hydroxyl groups is 4. The van der Waals surface area contributed by atoms with Crippen LogP contribution in [0, 0.1) is 0 Å². The minimum absolute atomic E-state index is 0.344. The number of allylic oxidation sites excluding steroid dienone is 6. The van der Waals surface area contributed by atoms with Crippen LogP contribution < -0.4 is 5.32 Å². The number of hydrogen-bond acceptors (Lipinski definition) is 5. The fourth-order valence-electron chi connectivity index (χ4n) is 5.81. The van der Waals surface area contributed by atoms with E-state index in [1.807, 2.05) is 0 Å². The van der Waals surface area contributed by atoms with Gasteiger partial charge in [-0.1, -0.05) is 153 Å². The second-order valence-electron chi connectivity index (χ2n) is 13.6. The maximum absolute atomic E-state index is 12.4. The van der Waals surface area contributed by atoms with Crippen molar-refractivity contribution in [3.8, 4) is 0 Å². The SMILES string of the molecule is CCCC/C=C\CCCCCCC(O)C(=O)NC(CO)C(O)C(O)CCC/C=C/CC/C=C/CCCCCCCCCCCCCC. The highest BCUT2D eigenvalue weighted by Gasteiger charge is 2.28. The Kier molecular flexibility index (Phi) is 34.7. The predicted molar refractivity (Wildman–Crippen MR) is 200 cm³/mol. The first kappa shape index (κ1) is 45.5. The molecule has 4 atom stereocenters. The molecule has 0 bridgehead atoms. The number of nitrogens with one attached hydrogen (secondary N) is 1. The van der Waals surface area contributed by atoms with E-state index in [1.54, 1.807) is 0 Å². The molecule has 0 heterocycles. The molecular formula is C41H77NO5. The summed E-state index contributed by atoms with van der Waals surface area (Å²) in [6.45, 7) is 3.96. The van der Waals surface area contributed by atoms with Gasteiger partial charge in [0.05, 0.1) is 18.8 Å². The van der Waals surface area contributed by atoms with E-state index in [0.29, 0.717) is 19.3 Å². The maximum Gasteiger partial charge on any atom is 0.249 e. The summed E-state index contributed by atoms with van der Waals surface area (Å²) in [6, 6.07) is -1.01. The fourth-order valence-corrected chi connectivity index (χ4v) is 5.81. The summed E-state index contributed by atoms with van der Waals surface area (Å²) in [4.78, 5) is 12.4. The van der Waals surface area contributed by atoms with E-state index in [9.17, 15) is 25.2 Å². The number of rotatable bonds is 35. The Labute approximate surface area is 290 Å². The highest BCUT2D eigenvalue weighted by atomic mass is 16.3. The number of unbranched alkanes of at least 4 members (excludes halogenated alkanes) is 20. The molecule has 0 aromatic heterocycles. The van der Waals surface area contributed by atoms with Gasteiger partial charge in [-0.05, 0) is 70.6 Å². The highest BCUT2D eigenvalue weighted by molar-refractivity contribution is 5.80. The van der Waals surface area contributed by atoms with Gasteiger partial charge >= 0.3 is 0 Å². The van der Waals surface area contributed by atoms with Gasteiger partial charge in [0.15, 0.2) is 0 Å². The number of hydrogen-bond donors (Lipinski definition) is 5. The second-order valence-corrected chi connectivity index (χ2v) is 13.6. The molecule has 0 aliphatic heterocycles. The Morgan fingerprint density at radius 2 is 0.915 bits per heavy atom. The van der Waals surface area contributed by atoms with Crippen LogP contribution in [-0.2, 0) is 4.79 Å². The number of carbonyl (C=O) groups excluding carboxylic acids is 1. The van der Waals surface area contributed by atoms with Crippen molar-refractivity contribution in [2.75, 3.05) is 6.61 Å². The molecule has 0 aliphatic rings. The molecule has 6 heteroatoms. The van der Waals surface area contributed by atoms with Crippen LogP contribution in [0.25, 0.3) is 0 Å². The lowest BCUT2D eigenvalue weighted by Crippen LogP contribution is -2.53. The third-order valence-corrected chi connectivity index (χ3v) is 9.05. The standard InChI is InChI=1S/C41H77NO5/c1-3-5-7-9-11-13-15-16-17-18-19-20-21-22-23-24-25-27-28-30-32-34-38(44)40(46)37(36-43)42-41(47)39(45)35-33-31-29-26-14-12-10-8-6-4-2/h10,12,22-23,27-28,37-40,43-46H,3-9,11,13-21,24-26,29-36H2,1-2H3,(H,42,47)/b12-10-,23-22+,28-27+. The van der Waals surface area contributed by atoms with Crippen LogP contribution in [0.2, 0.25) is 0 Å². The molecular weight excluding hydrogens is 586 g/mol. The van der Waals surface area contributed by atoms with E-state index >= 15 is 0 Å². The summed E-state index contributed by atoms with van der Waals surface area (Å²) in [5.74, 6) is -0.611. The highest BCUT2D eigenvalue weighted by Crippen LogP contribution is 2.14. The number of carbonyl (C=O) groups is 1. The fraction of sp³-hybridized carbons (Fsp3) is 0.829. The van der Waals surface area contributed by atoms with Gasteiger partial charge in [-0.2, -0.15) is 0 Å². The van der Waals surface area contributed by atoms with Gasteiger partial charge in [0.1, 0.15) is 12.2 Å². The maximum atomic E-state index is 12.4. The summed E-state index contributed by atoms with van der Waals surface area (Å²) >= 11 is 0. The van der Waals surface area contributed by atoms with Crippen LogP contribution >= 0.6 is 0 Å². The molecule has 47 heavy (non-hydrogen) atoms. The van der Waals surface area contributed by atoms with Gasteiger partial charge in [-0.25, -0.2) is 0 Å². The largest absolute Gasteiger partial charge is 0.394 e. The third-order valence-electron chi connectivity index (χ3n) is 9.05. The monoisotopic (exact) mass is 664 g/mol. The Bertz CT molecular complexity index is 752. The Morgan fingerprint density at radius 3 is 1.40 bits per heavy atom. The summed E-state index contributed by atoms with van der Waals surface area (Å²) in [5, 5.41) is 43.4. The van der Waals surface area contributed by atoms with Crippen molar-refractivity contribution < 1.29 is 25.2 Å². The molecule has 4 unspecified atom stereocenters. The predicted octanol–water partition coefficient (Wildman–Crippen LogP) is 9.79. The lowest BCUT2D eigenvalue weighted by molar-refractivity contribution is -0.132. The van der Waals surface area contributed by atoms with Crippen molar-refractivity contribution in [1.29, 1.82) is 0 Å². The van der Waals surface area contributed by atoms with Gasteiger partial charge in [0.25, 0.3) is 0 Å². The molecule has 276 valence electrons. The average Bonchev–Trinajstić information content (AvgIpc) is 3.07. The Morgan fingerprint density at radius 1 is 0.511 bits per heavy atom. The third kappa shape index (κ3) is 30.3. The van der Waals surface area contributed by atoms with Gasteiger partial charge in [0, 0.05) is 0 Å². The molecule has 0 saturated carbocycles. The van der Waals surface area contributed by atoms with Crippen molar-refractivity contribution in [2.45, 2.75) is 212 Å². The molecule has 0 rings (SSSR count). The molecule has 5 N–H and O–H groups in total. The summed E-state index contributed by atoms with van der Waals surface area (Å²) in [7, 11) is 0. The smallest absolute Gasteiger partial charge is 0.249 e. The zero-order valence-electron chi connectivity index (χ0n) is 30.8. The summed E-state index contributed by atoms with van der Waals surface area (Å²) in [5.41, 5.74) is 0. The van der Waals surface area contributed by atoms with Gasteiger partial charge < -0.3 is 25.7 Å². The first-order chi connectivity index (χ1) is 23.0. The van der Waals surface area contributed by atoms with E-state index < -0.39 is 36.9 Å². The second kappa shape index (κ2) is 35.8. The Hall–Kier alpha value is -1.47. The van der Waals surface area contributed by atoms with Crippen molar-refractivity contribution >= 4 is 5.91 Å². The normalized spacial score (nSPS) is 14.8. The quantitative estimate of drug-likeness (QED) is 0.0343. The molecule has 0 fully saturated rings. The number of aliphatic hydroxyl groups excluding tert-OH is 4. The minimum atomic E-state index is -1.29. The van der Waals surface area contributed by atoms with E-state index in [0.717, 1.165) is 57.8 Å². The number of amides is 1. The van der Waals surface area contributed by atoms with Crippen molar-refractivity contribution in [3.63, 3.8) is 0 Å². The van der Waals surface area contributed by atoms with Crippen LogP contribution in [-0.4, -0.2) is 57.3 Å². The van der Waals surface area contributed by atoms with Crippen LogP contribution in [0.15, 0.2) is 36.5 Å². The molecule has 1 amide bonds. The average molecular weight is 664 g/mol. The summed E-state index contributed by atoms with van der Waals surface area (Å²) < 4.78 is 0. The molecule has 0 aromatic rings. The van der Waals surface area contributed by atoms with Crippen molar-refractivity contribution in [3.05, 3.63) is 36.5 Å². The van der Waals surface area contributed by atoms with Crippen LogP contribution in [0.3, 0.4) is 0 Å². The molecule has 0 aromatic carbocycles. The lowest BCUT2D eigenvalue weighted by atomic mass is 10.00. The van der Waals surface area contributed by atoms with Crippen LogP contribution in [0.4, 0.5) is 0 Å². The molecule has 6 nitrogen and oxygen atoms in total. The van der Waals surface area contributed by atoms with E-state index in [4.69, 9.17) is 0 Å². The zero-order valence-corrected chi connectivity index (χ0v) is 30.8. The van der Waals surface area contributed by atoms with E-state index in [-0.39, 0.29) is 0 Å². The first-order valence-electron chi connectivity index (χ1n) is 19.9. The Balaban J connectivity index is 3.83. The van der Waals surface area contributed by atoms with Gasteiger partial charge in [0.2, 0.25) is 5.91 Å². The minimum Gasteiger partial charge on any atom is -0.394 e. The van der Waals surface area contributed by atoms with Crippen LogP contribution in [0.1, 0.15) is 187 Å². The van der Waals surface area contributed by atoms with Crippen LogP contribution in [0.5, 0.6) is 0 Å². The summed E-state index contributed by atoms with van der Waals surface area (Å²) in [6.07, 6.45) is 40.4. The lowest BCUT2D eigenvalue weighted by Gasteiger charge is -2.27. The molecule has 0 aliphatic carbocycles. The van der Waals surface area contributed by atoms with Gasteiger partial charge in [-0.3, -0.25) is 4.79 Å². The van der Waals surface area contributed by atoms with E-state index in [2.05, 4.69) is 55.6 Å². The molecule has 0 radical (unpaired) electrons. The van der Waals surface area contributed by atoms with Crippen molar-refractivity contribution in [1.82, 2.24) is 5.32 Å². The van der Waals surface area contributed by atoms with Gasteiger partial charge in [-0.15, -0.1) is 0 Å². The topological polar surface area (TPSA) is 110 Å².